The molecule has 0 bridgehead atoms. The quantitative estimate of drug-likeness (QED) is 0.772. The summed E-state index contributed by atoms with van der Waals surface area (Å²) in [4.78, 5) is 11.8. The van der Waals surface area contributed by atoms with Crippen LogP contribution in [0.1, 0.15) is 6.42 Å². The fraction of sp³-hybridized carbons (Fsp3) is 0.417. The van der Waals surface area contributed by atoms with Crippen LogP contribution in [0.3, 0.4) is 0 Å². The maximum absolute atomic E-state index is 11.8. The van der Waals surface area contributed by atoms with Crippen LogP contribution in [0, 0.1) is 0 Å². The van der Waals surface area contributed by atoms with Crippen LogP contribution in [-0.4, -0.2) is 38.4 Å². The summed E-state index contributed by atoms with van der Waals surface area (Å²) in [7, 11) is -2.97. The molecule has 1 amide bonds. The molecular formula is C12H14Br2N2O3S. The van der Waals surface area contributed by atoms with Crippen LogP contribution in [0.15, 0.2) is 27.1 Å². The summed E-state index contributed by atoms with van der Waals surface area (Å²) in [6.45, 7) is 0.103. The molecule has 2 N–H and O–H groups in total. The molecule has 5 nitrogen and oxygen atoms in total. The highest BCUT2D eigenvalue weighted by atomic mass is 79.9. The smallest absolute Gasteiger partial charge is 0.239 e. The second-order valence-corrected chi connectivity index (χ2v) is 8.64. The number of carbonyl (C=O) groups excluding carboxylic acids is 1. The molecule has 0 aromatic heterocycles. The standard InChI is InChI=1S/C12H14Br2N2O3S/c13-8-1-2-10(14)11(5-8)15-6-12(17)16-9-3-4-20(18,19)7-9/h1-2,5,9,15H,3-4,6-7H2,(H,16,17). The van der Waals surface area contributed by atoms with Crippen LogP contribution < -0.4 is 10.6 Å². The largest absolute Gasteiger partial charge is 0.375 e. The van der Waals surface area contributed by atoms with Gasteiger partial charge >= 0.3 is 0 Å². The Balaban J connectivity index is 1.85. The monoisotopic (exact) mass is 424 g/mol. The van der Waals surface area contributed by atoms with E-state index in [4.69, 9.17) is 0 Å². The SMILES string of the molecule is O=C(CNc1cc(Br)ccc1Br)NC1CCS(=O)(=O)C1. The van der Waals surface area contributed by atoms with Gasteiger partial charge in [0, 0.05) is 20.7 Å². The minimum atomic E-state index is -2.97. The van der Waals surface area contributed by atoms with E-state index in [1.54, 1.807) is 0 Å². The molecule has 1 aliphatic heterocycles. The second-order valence-electron chi connectivity index (χ2n) is 4.65. The third-order valence-corrected chi connectivity index (χ3v) is 5.92. The van der Waals surface area contributed by atoms with Gasteiger partial charge < -0.3 is 10.6 Å². The molecule has 2 rings (SSSR count). The van der Waals surface area contributed by atoms with Crippen molar-refractivity contribution in [2.75, 3.05) is 23.4 Å². The number of carbonyl (C=O) groups is 1. The van der Waals surface area contributed by atoms with E-state index in [9.17, 15) is 13.2 Å². The number of hydrogen-bond donors (Lipinski definition) is 2. The van der Waals surface area contributed by atoms with Crippen molar-refractivity contribution in [3.05, 3.63) is 27.1 Å². The Morgan fingerprint density at radius 2 is 2.10 bits per heavy atom. The number of rotatable bonds is 4. The van der Waals surface area contributed by atoms with Crippen molar-refractivity contribution in [2.45, 2.75) is 12.5 Å². The fourth-order valence-electron chi connectivity index (χ4n) is 2.00. The lowest BCUT2D eigenvalue weighted by Gasteiger charge is -2.13. The topological polar surface area (TPSA) is 75.3 Å². The van der Waals surface area contributed by atoms with E-state index >= 15 is 0 Å². The van der Waals surface area contributed by atoms with Crippen LogP contribution >= 0.6 is 31.9 Å². The molecule has 1 heterocycles. The first-order valence-electron chi connectivity index (χ1n) is 6.04. The van der Waals surface area contributed by atoms with Crippen LogP contribution in [-0.2, 0) is 14.6 Å². The van der Waals surface area contributed by atoms with Gasteiger partial charge in [-0.15, -0.1) is 0 Å². The number of sulfone groups is 1. The molecule has 1 saturated heterocycles. The van der Waals surface area contributed by atoms with Gasteiger partial charge in [0.25, 0.3) is 0 Å². The Kier molecular flexibility index (Phi) is 5.09. The van der Waals surface area contributed by atoms with Crippen molar-refractivity contribution in [3.63, 3.8) is 0 Å². The van der Waals surface area contributed by atoms with Crippen molar-refractivity contribution >= 4 is 53.3 Å². The highest BCUT2D eigenvalue weighted by Gasteiger charge is 2.28. The Bertz CT molecular complexity index is 619. The van der Waals surface area contributed by atoms with Gasteiger partial charge in [-0.3, -0.25) is 4.79 Å². The average Bonchev–Trinajstić information content (AvgIpc) is 2.70. The zero-order valence-electron chi connectivity index (χ0n) is 10.5. The Morgan fingerprint density at radius 3 is 2.75 bits per heavy atom. The van der Waals surface area contributed by atoms with Crippen LogP contribution in [0.25, 0.3) is 0 Å². The summed E-state index contributed by atoms with van der Waals surface area (Å²) in [5.74, 6) is -0.0130. The maximum Gasteiger partial charge on any atom is 0.239 e. The summed E-state index contributed by atoms with van der Waals surface area (Å²) in [5.41, 5.74) is 0.800. The molecule has 1 fully saturated rings. The third-order valence-electron chi connectivity index (χ3n) is 2.97. The molecule has 1 unspecified atom stereocenters. The highest BCUT2D eigenvalue weighted by molar-refractivity contribution is 9.11. The molecular weight excluding hydrogens is 412 g/mol. The normalized spacial score (nSPS) is 20.6. The number of anilines is 1. The zero-order chi connectivity index (χ0) is 14.8. The minimum Gasteiger partial charge on any atom is -0.375 e. The van der Waals surface area contributed by atoms with Crippen LogP contribution in [0.2, 0.25) is 0 Å². The first-order valence-corrected chi connectivity index (χ1v) is 9.45. The predicted molar refractivity (Wildman–Crippen MR) is 85.5 cm³/mol. The van der Waals surface area contributed by atoms with Crippen LogP contribution in [0.4, 0.5) is 5.69 Å². The molecule has 0 radical (unpaired) electrons. The molecule has 0 saturated carbocycles. The maximum atomic E-state index is 11.8. The number of benzene rings is 1. The van der Waals surface area contributed by atoms with E-state index in [0.717, 1.165) is 14.6 Å². The zero-order valence-corrected chi connectivity index (χ0v) is 14.5. The minimum absolute atomic E-state index is 0.0410. The number of amides is 1. The van der Waals surface area contributed by atoms with Gasteiger partial charge in [-0.25, -0.2) is 8.42 Å². The van der Waals surface area contributed by atoms with Crippen molar-refractivity contribution in [2.24, 2.45) is 0 Å². The van der Waals surface area contributed by atoms with E-state index < -0.39 is 9.84 Å². The lowest BCUT2D eigenvalue weighted by atomic mass is 10.2. The first kappa shape index (κ1) is 15.8. The molecule has 1 aromatic rings. The lowest BCUT2D eigenvalue weighted by Crippen LogP contribution is -2.39. The molecule has 1 aliphatic rings. The van der Waals surface area contributed by atoms with E-state index in [1.807, 2.05) is 18.2 Å². The molecule has 1 aromatic carbocycles. The van der Waals surface area contributed by atoms with Gasteiger partial charge in [0.2, 0.25) is 5.91 Å². The molecule has 8 heteroatoms. The molecule has 0 spiro atoms. The van der Waals surface area contributed by atoms with Gasteiger partial charge in [-0.1, -0.05) is 15.9 Å². The second kappa shape index (κ2) is 6.44. The number of hydrogen-bond acceptors (Lipinski definition) is 4. The summed E-state index contributed by atoms with van der Waals surface area (Å²) in [6.07, 6.45) is 0.495. The van der Waals surface area contributed by atoms with E-state index in [-0.39, 0.29) is 30.0 Å². The summed E-state index contributed by atoms with van der Waals surface area (Å²) >= 11 is 6.75. The summed E-state index contributed by atoms with van der Waals surface area (Å²) in [5, 5.41) is 5.74. The Morgan fingerprint density at radius 1 is 1.35 bits per heavy atom. The van der Waals surface area contributed by atoms with Crippen LogP contribution in [0.5, 0.6) is 0 Å². The summed E-state index contributed by atoms with van der Waals surface area (Å²) < 4.78 is 24.4. The first-order chi connectivity index (χ1) is 9.35. The molecule has 1 atom stereocenters. The molecule has 0 aliphatic carbocycles. The predicted octanol–water partition coefficient (Wildman–Crippen LogP) is 1.93. The van der Waals surface area contributed by atoms with Gasteiger partial charge in [0.1, 0.15) is 0 Å². The van der Waals surface area contributed by atoms with Gasteiger partial charge in [-0.05, 0) is 40.5 Å². The summed E-state index contributed by atoms with van der Waals surface area (Å²) in [6, 6.07) is 5.35. The van der Waals surface area contributed by atoms with Crippen molar-refractivity contribution in [1.29, 1.82) is 0 Å². The Labute approximate surface area is 134 Å². The van der Waals surface area contributed by atoms with Gasteiger partial charge in [-0.2, -0.15) is 0 Å². The van der Waals surface area contributed by atoms with Crippen molar-refractivity contribution < 1.29 is 13.2 Å². The molecule has 20 heavy (non-hydrogen) atoms. The number of nitrogens with one attached hydrogen (secondary N) is 2. The highest BCUT2D eigenvalue weighted by Crippen LogP contribution is 2.25. The lowest BCUT2D eigenvalue weighted by molar-refractivity contribution is -0.119. The van der Waals surface area contributed by atoms with E-state index in [1.165, 1.54) is 0 Å². The van der Waals surface area contributed by atoms with Gasteiger partial charge in [0.15, 0.2) is 9.84 Å². The fourth-order valence-corrected chi connectivity index (χ4v) is 4.42. The molecule has 110 valence electrons. The van der Waals surface area contributed by atoms with Crippen molar-refractivity contribution in [3.8, 4) is 0 Å². The van der Waals surface area contributed by atoms with E-state index in [0.29, 0.717) is 6.42 Å². The third kappa shape index (κ3) is 4.46. The van der Waals surface area contributed by atoms with E-state index in [2.05, 4.69) is 42.5 Å². The number of halogens is 2. The van der Waals surface area contributed by atoms with Gasteiger partial charge in [0.05, 0.1) is 18.1 Å². The Hall–Kier alpha value is -0.600. The van der Waals surface area contributed by atoms with Crippen molar-refractivity contribution in [1.82, 2.24) is 5.32 Å². The average molecular weight is 426 g/mol.